The van der Waals surface area contributed by atoms with Crippen molar-refractivity contribution in [1.82, 2.24) is 4.90 Å². The number of carbonyl (C=O) groups excluding carboxylic acids is 1. The van der Waals surface area contributed by atoms with Gasteiger partial charge in [-0.1, -0.05) is 6.92 Å². The van der Waals surface area contributed by atoms with Crippen LogP contribution in [0.25, 0.3) is 0 Å². The van der Waals surface area contributed by atoms with Gasteiger partial charge in [0.25, 0.3) is 5.91 Å². The fourth-order valence-electron chi connectivity index (χ4n) is 2.64. The average Bonchev–Trinajstić information content (AvgIpc) is 2.40. The van der Waals surface area contributed by atoms with Crippen LogP contribution in [-0.2, 0) is 6.18 Å². The number of halogens is 3. The molecule has 1 heterocycles. The SMILES string of the molecule is CC1CCC(C)N(C(=O)c2cc(C(F)(F)F)ccc2N)C1. The summed E-state index contributed by atoms with van der Waals surface area (Å²) in [5.74, 6) is -0.0742. The van der Waals surface area contributed by atoms with Gasteiger partial charge in [0.2, 0.25) is 0 Å². The van der Waals surface area contributed by atoms with Crippen molar-refractivity contribution in [1.29, 1.82) is 0 Å². The molecule has 1 fully saturated rings. The van der Waals surface area contributed by atoms with Crippen molar-refractivity contribution in [3.63, 3.8) is 0 Å². The van der Waals surface area contributed by atoms with Crippen LogP contribution in [0.15, 0.2) is 18.2 Å². The number of nitrogens with two attached hydrogens (primary N) is 1. The molecule has 1 aromatic carbocycles. The third kappa shape index (κ3) is 3.31. The number of benzene rings is 1. The van der Waals surface area contributed by atoms with Crippen LogP contribution in [0.5, 0.6) is 0 Å². The number of amides is 1. The van der Waals surface area contributed by atoms with E-state index in [1.165, 1.54) is 0 Å². The summed E-state index contributed by atoms with van der Waals surface area (Å²) in [4.78, 5) is 14.2. The predicted octanol–water partition coefficient (Wildman–Crippen LogP) is 3.55. The molecule has 0 aromatic heterocycles. The van der Waals surface area contributed by atoms with Crippen molar-refractivity contribution in [2.24, 2.45) is 5.92 Å². The minimum absolute atomic E-state index is 0.0163. The molecule has 2 atom stereocenters. The maximum atomic E-state index is 12.8. The summed E-state index contributed by atoms with van der Waals surface area (Å²) in [5, 5.41) is 0. The molecule has 2 N–H and O–H groups in total. The summed E-state index contributed by atoms with van der Waals surface area (Å²) in [7, 11) is 0. The quantitative estimate of drug-likeness (QED) is 0.806. The highest BCUT2D eigenvalue weighted by atomic mass is 19.4. The van der Waals surface area contributed by atoms with Gasteiger partial charge in [0.15, 0.2) is 0 Å². The Balaban J connectivity index is 2.34. The largest absolute Gasteiger partial charge is 0.416 e. The minimum atomic E-state index is -4.48. The smallest absolute Gasteiger partial charge is 0.398 e. The number of hydrogen-bond donors (Lipinski definition) is 1. The van der Waals surface area contributed by atoms with Gasteiger partial charge in [0, 0.05) is 18.3 Å². The van der Waals surface area contributed by atoms with Gasteiger partial charge in [0.05, 0.1) is 11.1 Å². The van der Waals surface area contributed by atoms with Crippen molar-refractivity contribution in [2.45, 2.75) is 38.9 Å². The van der Waals surface area contributed by atoms with Crippen LogP contribution in [-0.4, -0.2) is 23.4 Å². The molecule has 2 rings (SSSR count). The third-order valence-corrected chi connectivity index (χ3v) is 3.99. The molecule has 0 saturated carbocycles. The van der Waals surface area contributed by atoms with Crippen LogP contribution in [0, 0.1) is 5.92 Å². The number of hydrogen-bond acceptors (Lipinski definition) is 2. The Labute approximate surface area is 121 Å². The fraction of sp³-hybridized carbons (Fsp3) is 0.533. The number of carbonyl (C=O) groups is 1. The van der Waals surface area contributed by atoms with Crippen LogP contribution in [0.2, 0.25) is 0 Å². The maximum absolute atomic E-state index is 12.8. The van der Waals surface area contributed by atoms with Gasteiger partial charge in [-0.25, -0.2) is 0 Å². The van der Waals surface area contributed by atoms with Crippen LogP contribution in [0.1, 0.15) is 42.6 Å². The maximum Gasteiger partial charge on any atom is 0.416 e. The average molecular weight is 300 g/mol. The van der Waals surface area contributed by atoms with Crippen molar-refractivity contribution < 1.29 is 18.0 Å². The Morgan fingerprint density at radius 3 is 2.57 bits per heavy atom. The molecule has 1 saturated heterocycles. The number of piperidine rings is 1. The molecule has 1 aliphatic rings. The van der Waals surface area contributed by atoms with Crippen molar-refractivity contribution >= 4 is 11.6 Å². The van der Waals surface area contributed by atoms with E-state index < -0.39 is 17.6 Å². The van der Waals surface area contributed by atoms with Gasteiger partial charge in [-0.05, 0) is 43.9 Å². The topological polar surface area (TPSA) is 46.3 Å². The van der Waals surface area contributed by atoms with E-state index in [0.717, 1.165) is 31.0 Å². The second-order valence-electron chi connectivity index (χ2n) is 5.79. The van der Waals surface area contributed by atoms with Gasteiger partial charge < -0.3 is 10.6 Å². The Morgan fingerprint density at radius 2 is 1.95 bits per heavy atom. The third-order valence-electron chi connectivity index (χ3n) is 3.99. The van der Waals surface area contributed by atoms with Crippen LogP contribution < -0.4 is 5.73 Å². The summed E-state index contributed by atoms with van der Waals surface area (Å²) in [6.45, 7) is 4.49. The van der Waals surface area contributed by atoms with Crippen molar-refractivity contribution in [3.8, 4) is 0 Å². The second kappa shape index (κ2) is 5.58. The fourth-order valence-corrected chi connectivity index (χ4v) is 2.64. The number of alkyl halides is 3. The Bertz CT molecular complexity index is 542. The minimum Gasteiger partial charge on any atom is -0.398 e. The van der Waals surface area contributed by atoms with Crippen molar-refractivity contribution in [3.05, 3.63) is 29.3 Å². The highest BCUT2D eigenvalue weighted by Crippen LogP contribution is 2.32. The van der Waals surface area contributed by atoms with Crippen molar-refractivity contribution in [2.75, 3.05) is 12.3 Å². The number of likely N-dealkylation sites (tertiary alicyclic amines) is 1. The first-order valence-electron chi connectivity index (χ1n) is 6.98. The molecule has 116 valence electrons. The molecule has 6 heteroatoms. The summed E-state index contributed by atoms with van der Waals surface area (Å²) < 4.78 is 38.3. The van der Waals surface area contributed by atoms with Gasteiger partial charge in [-0.15, -0.1) is 0 Å². The molecular weight excluding hydrogens is 281 g/mol. The number of nitrogen functional groups attached to an aromatic ring is 1. The Kier molecular flexibility index (Phi) is 4.16. The molecule has 1 aromatic rings. The molecule has 1 amide bonds. The molecular formula is C15H19F3N2O. The first-order valence-corrected chi connectivity index (χ1v) is 6.98. The molecule has 1 aliphatic heterocycles. The lowest BCUT2D eigenvalue weighted by Gasteiger charge is -2.37. The first-order chi connectivity index (χ1) is 9.70. The highest BCUT2D eigenvalue weighted by molar-refractivity contribution is 5.99. The van der Waals surface area contributed by atoms with E-state index in [1.807, 2.05) is 13.8 Å². The van der Waals surface area contributed by atoms with E-state index in [-0.39, 0.29) is 17.3 Å². The Morgan fingerprint density at radius 1 is 1.29 bits per heavy atom. The van der Waals surface area contributed by atoms with E-state index in [9.17, 15) is 18.0 Å². The second-order valence-corrected chi connectivity index (χ2v) is 5.79. The number of rotatable bonds is 1. The molecule has 2 unspecified atom stereocenters. The molecule has 21 heavy (non-hydrogen) atoms. The normalized spacial score (nSPS) is 23.2. The zero-order valence-electron chi connectivity index (χ0n) is 12.1. The van der Waals surface area contributed by atoms with E-state index >= 15 is 0 Å². The number of anilines is 1. The summed E-state index contributed by atoms with van der Waals surface area (Å²) in [6, 6.07) is 2.91. The lowest BCUT2D eigenvalue weighted by molar-refractivity contribution is -0.137. The summed E-state index contributed by atoms with van der Waals surface area (Å²) >= 11 is 0. The van der Waals surface area contributed by atoms with E-state index in [4.69, 9.17) is 5.73 Å². The molecule has 0 bridgehead atoms. The number of nitrogens with zero attached hydrogens (tertiary/aromatic N) is 1. The van der Waals surface area contributed by atoms with Crippen LogP contribution in [0.4, 0.5) is 18.9 Å². The van der Waals surface area contributed by atoms with E-state index in [0.29, 0.717) is 12.5 Å². The standard InChI is InChI=1S/C15H19F3N2O/c1-9-3-4-10(2)20(8-9)14(21)12-7-11(15(16,17)18)5-6-13(12)19/h5-7,9-10H,3-4,8,19H2,1-2H3. The molecule has 0 radical (unpaired) electrons. The van der Waals surface area contributed by atoms with Gasteiger partial charge >= 0.3 is 6.18 Å². The van der Waals surface area contributed by atoms with Gasteiger partial charge in [-0.2, -0.15) is 13.2 Å². The zero-order chi connectivity index (χ0) is 15.8. The molecule has 0 aliphatic carbocycles. The summed E-state index contributed by atoms with van der Waals surface area (Å²) in [6.07, 6.45) is -2.61. The summed E-state index contributed by atoms with van der Waals surface area (Å²) in [5.41, 5.74) is 4.87. The molecule has 3 nitrogen and oxygen atoms in total. The van der Waals surface area contributed by atoms with Gasteiger partial charge in [-0.3, -0.25) is 4.79 Å². The zero-order valence-corrected chi connectivity index (χ0v) is 12.1. The van der Waals surface area contributed by atoms with Crippen LogP contribution >= 0.6 is 0 Å². The van der Waals surface area contributed by atoms with E-state index in [1.54, 1.807) is 4.90 Å². The molecule has 0 spiro atoms. The van der Waals surface area contributed by atoms with Crippen LogP contribution in [0.3, 0.4) is 0 Å². The monoisotopic (exact) mass is 300 g/mol. The van der Waals surface area contributed by atoms with E-state index in [2.05, 4.69) is 0 Å². The Hall–Kier alpha value is -1.72. The first kappa shape index (κ1) is 15.7. The van der Waals surface area contributed by atoms with Gasteiger partial charge in [0.1, 0.15) is 0 Å². The lowest BCUT2D eigenvalue weighted by atomic mass is 9.94. The highest BCUT2D eigenvalue weighted by Gasteiger charge is 2.33. The lowest BCUT2D eigenvalue weighted by Crippen LogP contribution is -2.45. The predicted molar refractivity (Wildman–Crippen MR) is 74.8 cm³/mol.